The Balaban J connectivity index is 1.75. The van der Waals surface area contributed by atoms with Crippen molar-refractivity contribution in [3.8, 4) is 0 Å². The first kappa shape index (κ1) is 22.0. The van der Waals surface area contributed by atoms with E-state index in [1.807, 2.05) is 0 Å². The molecule has 2 aromatic carbocycles. The Bertz CT molecular complexity index is 1370. The monoisotopic (exact) mass is 477 g/mol. The summed E-state index contributed by atoms with van der Waals surface area (Å²) in [4.78, 5) is -0.233. The maximum atomic E-state index is 13.7. The lowest BCUT2D eigenvalue weighted by molar-refractivity contribution is 0.320. The molecule has 0 fully saturated rings. The molecular weight excluding hydrogens is 457 g/mol. The first-order valence-corrected chi connectivity index (χ1v) is 12.8. The fraction of sp³-hybridized carbons (Fsp3) is 0.190. The van der Waals surface area contributed by atoms with Gasteiger partial charge in [-0.05, 0) is 55.0 Å². The highest BCUT2D eigenvalue weighted by atomic mass is 32.2. The number of furan rings is 1. The molecule has 1 N–H and O–H groups in total. The van der Waals surface area contributed by atoms with Crippen LogP contribution >= 0.6 is 0 Å². The van der Waals surface area contributed by atoms with Gasteiger partial charge in [0.05, 0.1) is 22.6 Å². The molecule has 32 heavy (non-hydrogen) atoms. The lowest BCUT2D eigenvalue weighted by Gasteiger charge is -2.21. The van der Waals surface area contributed by atoms with Crippen molar-refractivity contribution in [3.05, 3.63) is 84.1 Å². The largest absolute Gasteiger partial charge is 0.467 e. The maximum absolute atomic E-state index is 13.7. The van der Waals surface area contributed by atoms with Crippen LogP contribution < -0.4 is 4.72 Å². The highest BCUT2D eigenvalue weighted by Gasteiger charge is 2.39. The minimum absolute atomic E-state index is 0.0849. The van der Waals surface area contributed by atoms with Crippen molar-refractivity contribution in [1.29, 1.82) is 0 Å². The lowest BCUT2D eigenvalue weighted by atomic mass is 10.0. The predicted molar refractivity (Wildman–Crippen MR) is 118 cm³/mol. The summed E-state index contributed by atoms with van der Waals surface area (Å²) in [6.07, 6.45) is 1.62. The summed E-state index contributed by atoms with van der Waals surface area (Å²) in [7, 11) is -7.67. The molecule has 0 radical (unpaired) electrons. The fourth-order valence-corrected chi connectivity index (χ4v) is 5.41. The zero-order valence-electron chi connectivity index (χ0n) is 17.0. The second-order valence-corrected chi connectivity index (χ2v) is 10.9. The topological polar surface area (TPSA) is 109 Å². The van der Waals surface area contributed by atoms with Crippen LogP contribution in [0.15, 0.2) is 81.3 Å². The number of nitrogens with zero attached hydrogens (tertiary/aromatic N) is 2. The number of hydrazone groups is 1. The number of hydrogen-bond acceptors (Lipinski definition) is 6. The molecule has 1 aliphatic rings. The standard InChI is InChI=1S/C21H20FN3O5S2/c1-2-31(26,27)24-17-8-3-6-15(12-17)19-14-20(21-10-5-11-30-21)25(23-19)32(28,29)18-9-4-7-16(22)13-18/h3-13,20,24H,2,14H2,1H3. The van der Waals surface area contributed by atoms with E-state index < -0.39 is 31.9 Å². The van der Waals surface area contributed by atoms with Gasteiger partial charge in [0.25, 0.3) is 10.0 Å². The molecule has 1 aromatic heterocycles. The number of halogens is 1. The first-order valence-electron chi connectivity index (χ1n) is 9.71. The van der Waals surface area contributed by atoms with Gasteiger partial charge in [0.1, 0.15) is 17.6 Å². The molecule has 1 unspecified atom stereocenters. The maximum Gasteiger partial charge on any atom is 0.279 e. The van der Waals surface area contributed by atoms with Gasteiger partial charge in [0, 0.05) is 12.1 Å². The van der Waals surface area contributed by atoms with E-state index in [4.69, 9.17) is 4.42 Å². The summed E-state index contributed by atoms with van der Waals surface area (Å²) < 4.78 is 72.9. The zero-order chi connectivity index (χ0) is 22.9. The minimum Gasteiger partial charge on any atom is -0.467 e. The Kier molecular flexibility index (Phi) is 5.78. The highest BCUT2D eigenvalue weighted by molar-refractivity contribution is 7.92. The highest BCUT2D eigenvalue weighted by Crippen LogP contribution is 2.37. The Morgan fingerprint density at radius 3 is 2.56 bits per heavy atom. The molecule has 0 saturated carbocycles. The van der Waals surface area contributed by atoms with E-state index in [-0.39, 0.29) is 17.1 Å². The number of anilines is 1. The fourth-order valence-electron chi connectivity index (χ4n) is 3.33. The summed E-state index contributed by atoms with van der Waals surface area (Å²) >= 11 is 0. The van der Waals surface area contributed by atoms with E-state index in [2.05, 4.69) is 9.82 Å². The molecule has 0 bridgehead atoms. The van der Waals surface area contributed by atoms with Crippen LogP contribution in [-0.4, -0.2) is 32.7 Å². The van der Waals surface area contributed by atoms with Crippen molar-refractivity contribution in [2.45, 2.75) is 24.3 Å². The normalized spacial score (nSPS) is 16.8. The van der Waals surface area contributed by atoms with E-state index in [1.165, 1.54) is 25.3 Å². The lowest BCUT2D eigenvalue weighted by Crippen LogP contribution is -2.27. The Labute approximate surface area is 185 Å². The predicted octanol–water partition coefficient (Wildman–Crippen LogP) is 3.72. The van der Waals surface area contributed by atoms with Crippen LogP contribution in [0.25, 0.3) is 0 Å². The van der Waals surface area contributed by atoms with Crippen LogP contribution in [0.1, 0.15) is 30.7 Å². The summed E-state index contributed by atoms with van der Waals surface area (Å²) in [6, 6.07) is 13.7. The summed E-state index contributed by atoms with van der Waals surface area (Å²) in [5.74, 6) is -0.384. The molecule has 1 atom stereocenters. The summed E-state index contributed by atoms with van der Waals surface area (Å²) in [5.41, 5.74) is 1.31. The third-order valence-electron chi connectivity index (χ3n) is 4.93. The molecule has 0 saturated heterocycles. The van der Waals surface area contributed by atoms with E-state index in [9.17, 15) is 21.2 Å². The summed E-state index contributed by atoms with van der Waals surface area (Å²) in [6.45, 7) is 1.52. The van der Waals surface area contributed by atoms with Crippen molar-refractivity contribution in [2.75, 3.05) is 10.5 Å². The van der Waals surface area contributed by atoms with Crippen LogP contribution in [-0.2, 0) is 20.0 Å². The van der Waals surface area contributed by atoms with E-state index in [1.54, 1.807) is 36.4 Å². The van der Waals surface area contributed by atoms with Crippen LogP contribution in [0, 0.1) is 5.82 Å². The second kappa shape index (κ2) is 8.40. The van der Waals surface area contributed by atoms with Crippen molar-refractivity contribution in [2.24, 2.45) is 5.10 Å². The Hall–Kier alpha value is -3.18. The minimum atomic E-state index is -4.19. The molecule has 4 rings (SSSR count). The number of benzene rings is 2. The Morgan fingerprint density at radius 1 is 1.09 bits per heavy atom. The molecular formula is C21H20FN3O5S2. The van der Waals surface area contributed by atoms with Crippen LogP contribution in [0.3, 0.4) is 0 Å². The third-order valence-corrected chi connectivity index (χ3v) is 7.92. The van der Waals surface area contributed by atoms with E-state index in [0.29, 0.717) is 22.7 Å². The average Bonchev–Trinajstić information content (AvgIpc) is 3.44. The van der Waals surface area contributed by atoms with Crippen molar-refractivity contribution >= 4 is 31.4 Å². The van der Waals surface area contributed by atoms with Gasteiger partial charge >= 0.3 is 0 Å². The Morgan fingerprint density at radius 2 is 1.88 bits per heavy atom. The smallest absolute Gasteiger partial charge is 0.279 e. The molecule has 0 aliphatic carbocycles. The van der Waals surface area contributed by atoms with Crippen LogP contribution in [0.4, 0.5) is 10.1 Å². The first-order chi connectivity index (χ1) is 15.2. The average molecular weight is 478 g/mol. The van der Waals surface area contributed by atoms with Gasteiger partial charge in [-0.15, -0.1) is 0 Å². The van der Waals surface area contributed by atoms with Crippen LogP contribution in [0.5, 0.6) is 0 Å². The van der Waals surface area contributed by atoms with Gasteiger partial charge in [0.15, 0.2) is 0 Å². The van der Waals surface area contributed by atoms with Crippen molar-refractivity contribution in [3.63, 3.8) is 0 Å². The molecule has 1 aliphatic heterocycles. The molecule has 168 valence electrons. The second-order valence-electron chi connectivity index (χ2n) is 7.10. The molecule has 8 nitrogen and oxygen atoms in total. The molecule has 3 aromatic rings. The van der Waals surface area contributed by atoms with Gasteiger partial charge in [-0.3, -0.25) is 4.72 Å². The van der Waals surface area contributed by atoms with Gasteiger partial charge in [0.2, 0.25) is 10.0 Å². The van der Waals surface area contributed by atoms with Crippen LogP contribution in [0.2, 0.25) is 0 Å². The van der Waals surface area contributed by atoms with Crippen molar-refractivity contribution in [1.82, 2.24) is 4.41 Å². The van der Waals surface area contributed by atoms with Gasteiger partial charge in [-0.25, -0.2) is 12.8 Å². The van der Waals surface area contributed by atoms with Gasteiger partial charge in [-0.2, -0.15) is 17.9 Å². The molecule has 11 heteroatoms. The molecule has 0 spiro atoms. The molecule has 2 heterocycles. The van der Waals surface area contributed by atoms with Gasteiger partial charge in [-0.1, -0.05) is 18.2 Å². The number of sulfonamides is 2. The van der Waals surface area contributed by atoms with Crippen molar-refractivity contribution < 1.29 is 25.6 Å². The van der Waals surface area contributed by atoms with Gasteiger partial charge < -0.3 is 4.42 Å². The number of nitrogens with one attached hydrogen (secondary N) is 1. The molecule has 0 amide bonds. The third kappa shape index (κ3) is 4.39. The van der Waals surface area contributed by atoms with E-state index >= 15 is 0 Å². The number of hydrogen-bond donors (Lipinski definition) is 1. The number of rotatable bonds is 7. The van der Waals surface area contributed by atoms with E-state index in [0.717, 1.165) is 16.5 Å². The SMILES string of the molecule is CCS(=O)(=O)Nc1cccc(C2=NN(S(=O)(=O)c3cccc(F)c3)C(c3ccco3)C2)c1. The summed E-state index contributed by atoms with van der Waals surface area (Å²) in [5, 5.41) is 4.33. The zero-order valence-corrected chi connectivity index (χ0v) is 18.6. The quantitative estimate of drug-likeness (QED) is 0.558.